The third-order valence-corrected chi connectivity index (χ3v) is 3.22. The predicted octanol–water partition coefficient (Wildman–Crippen LogP) is 4.05. The number of nitrogens with one attached hydrogen (secondary N) is 2. The lowest BCUT2D eigenvalue weighted by molar-refractivity contribution is 0.415. The summed E-state index contributed by atoms with van der Waals surface area (Å²) in [7, 11) is 1.61. The second-order valence-electron chi connectivity index (χ2n) is 4.47. The van der Waals surface area contributed by atoms with Crippen LogP contribution < -0.4 is 10.1 Å². The Hall–Kier alpha value is -2.14. The normalized spacial score (nSPS) is 10.2. The first kappa shape index (κ1) is 15.3. The molecule has 0 aliphatic carbocycles. The molecular weight excluding hydrogens is 288 g/mol. The molecular formula is C15H17ClN4O. The van der Waals surface area contributed by atoms with E-state index < -0.39 is 0 Å². The van der Waals surface area contributed by atoms with Gasteiger partial charge in [0.25, 0.3) is 0 Å². The number of ether oxygens (including phenoxy) is 1. The molecule has 0 aliphatic heterocycles. The molecule has 0 saturated carbocycles. The van der Waals surface area contributed by atoms with Gasteiger partial charge < -0.3 is 15.5 Å². The Kier molecular flexibility index (Phi) is 5.11. The van der Waals surface area contributed by atoms with Gasteiger partial charge in [0.05, 0.1) is 12.7 Å². The van der Waals surface area contributed by atoms with Crippen LogP contribution in [0, 0.1) is 5.41 Å². The second-order valence-corrected chi connectivity index (χ2v) is 4.83. The fourth-order valence-corrected chi connectivity index (χ4v) is 2.19. The number of rotatable bonds is 6. The van der Waals surface area contributed by atoms with Gasteiger partial charge in [0, 0.05) is 17.5 Å². The summed E-state index contributed by atoms with van der Waals surface area (Å²) >= 11 is 6.13. The summed E-state index contributed by atoms with van der Waals surface area (Å²) in [5.74, 6) is 1.27. The topological polar surface area (TPSA) is 70.9 Å². The molecule has 0 spiro atoms. The van der Waals surface area contributed by atoms with Crippen molar-refractivity contribution in [2.45, 2.75) is 19.8 Å². The smallest absolute Gasteiger partial charge is 0.144 e. The number of hydrogen-bond donors (Lipinski definition) is 2. The first-order valence-electron chi connectivity index (χ1n) is 6.65. The van der Waals surface area contributed by atoms with E-state index in [2.05, 4.69) is 15.3 Å². The zero-order valence-electron chi connectivity index (χ0n) is 12.0. The lowest BCUT2D eigenvalue weighted by Gasteiger charge is -2.13. The monoisotopic (exact) mass is 304 g/mol. The molecule has 1 aromatic heterocycles. The highest BCUT2D eigenvalue weighted by atomic mass is 35.5. The third kappa shape index (κ3) is 3.70. The van der Waals surface area contributed by atoms with Gasteiger partial charge in [-0.1, -0.05) is 31.0 Å². The van der Waals surface area contributed by atoms with Crippen molar-refractivity contribution < 1.29 is 4.74 Å². The lowest BCUT2D eigenvalue weighted by atomic mass is 10.1. The molecule has 0 fully saturated rings. The van der Waals surface area contributed by atoms with Gasteiger partial charge in [-0.2, -0.15) is 0 Å². The minimum Gasteiger partial charge on any atom is -0.497 e. The molecule has 0 saturated heterocycles. The highest BCUT2D eigenvalue weighted by Crippen LogP contribution is 2.26. The maximum absolute atomic E-state index is 8.13. The average molecular weight is 305 g/mol. The second kappa shape index (κ2) is 7.04. The van der Waals surface area contributed by atoms with Crippen LogP contribution >= 0.6 is 11.6 Å². The van der Waals surface area contributed by atoms with Crippen LogP contribution in [0.3, 0.4) is 0 Å². The van der Waals surface area contributed by atoms with Gasteiger partial charge in [-0.05, 0) is 18.6 Å². The summed E-state index contributed by atoms with van der Waals surface area (Å²) in [6, 6.07) is 7.48. The van der Waals surface area contributed by atoms with Gasteiger partial charge in [-0.25, -0.2) is 9.97 Å². The Bertz CT molecular complexity index is 645. The van der Waals surface area contributed by atoms with Crippen LogP contribution in [0.5, 0.6) is 5.75 Å². The molecule has 1 heterocycles. The first-order valence-corrected chi connectivity index (χ1v) is 7.02. The van der Waals surface area contributed by atoms with E-state index in [1.165, 1.54) is 6.33 Å². The fraction of sp³-hybridized carbons (Fsp3) is 0.267. The van der Waals surface area contributed by atoms with Gasteiger partial charge in [0.15, 0.2) is 0 Å². The summed E-state index contributed by atoms with van der Waals surface area (Å²) in [4.78, 5) is 8.17. The van der Waals surface area contributed by atoms with Crippen LogP contribution in [0.15, 0.2) is 30.6 Å². The van der Waals surface area contributed by atoms with E-state index in [4.69, 9.17) is 21.7 Å². The highest BCUT2D eigenvalue weighted by molar-refractivity contribution is 6.33. The molecule has 6 heteroatoms. The Balaban J connectivity index is 2.35. The molecule has 1 aromatic carbocycles. The number of halogens is 1. The first-order chi connectivity index (χ1) is 10.2. The number of benzene rings is 1. The van der Waals surface area contributed by atoms with E-state index in [-0.39, 0.29) is 5.15 Å². The van der Waals surface area contributed by atoms with Crippen molar-refractivity contribution in [3.63, 3.8) is 0 Å². The summed E-state index contributed by atoms with van der Waals surface area (Å²) < 4.78 is 5.19. The van der Waals surface area contributed by atoms with Crippen LogP contribution in [-0.2, 0) is 0 Å². The van der Waals surface area contributed by atoms with Crippen molar-refractivity contribution in [1.29, 1.82) is 5.41 Å². The summed E-state index contributed by atoms with van der Waals surface area (Å²) in [5, 5.41) is 11.6. The Labute approximate surface area is 128 Å². The maximum Gasteiger partial charge on any atom is 0.144 e. The predicted molar refractivity (Wildman–Crippen MR) is 85.1 cm³/mol. The number of methoxy groups -OCH3 is 1. The molecule has 110 valence electrons. The van der Waals surface area contributed by atoms with Gasteiger partial charge in [-0.15, -0.1) is 0 Å². The largest absolute Gasteiger partial charge is 0.497 e. The molecule has 5 nitrogen and oxygen atoms in total. The van der Waals surface area contributed by atoms with E-state index in [0.29, 0.717) is 23.5 Å². The SMILES string of the molecule is CCCC(=N)c1c(Cl)ncnc1Nc1cccc(OC)c1. The maximum atomic E-state index is 8.13. The zero-order chi connectivity index (χ0) is 15.2. The van der Waals surface area contributed by atoms with Gasteiger partial charge >= 0.3 is 0 Å². The highest BCUT2D eigenvalue weighted by Gasteiger charge is 2.14. The standard InChI is InChI=1S/C15H17ClN4O/c1-3-5-12(17)13-14(16)18-9-19-15(13)20-10-6-4-7-11(8-10)21-2/h4,6-9,17H,3,5H2,1-2H3,(H,18,19,20). The molecule has 2 N–H and O–H groups in total. The average Bonchev–Trinajstić information content (AvgIpc) is 2.47. The Morgan fingerprint density at radius 1 is 1.38 bits per heavy atom. The zero-order valence-corrected chi connectivity index (χ0v) is 12.7. The van der Waals surface area contributed by atoms with Crippen LogP contribution in [0.1, 0.15) is 25.3 Å². The van der Waals surface area contributed by atoms with E-state index in [1.54, 1.807) is 7.11 Å². The van der Waals surface area contributed by atoms with Crippen LogP contribution in [0.25, 0.3) is 0 Å². The van der Waals surface area contributed by atoms with Crippen LogP contribution in [0.4, 0.5) is 11.5 Å². The van der Waals surface area contributed by atoms with E-state index in [1.807, 2.05) is 31.2 Å². The van der Waals surface area contributed by atoms with Crippen molar-refractivity contribution in [3.05, 3.63) is 41.3 Å². The molecule has 0 amide bonds. The van der Waals surface area contributed by atoms with Crippen molar-refractivity contribution in [2.24, 2.45) is 0 Å². The Morgan fingerprint density at radius 2 is 2.19 bits per heavy atom. The number of aromatic nitrogens is 2. The molecule has 2 aromatic rings. The number of anilines is 2. The number of nitrogens with zero attached hydrogens (tertiary/aromatic N) is 2. The number of hydrogen-bond acceptors (Lipinski definition) is 5. The minimum atomic E-state index is 0.286. The van der Waals surface area contributed by atoms with E-state index in [0.717, 1.165) is 17.9 Å². The fourth-order valence-electron chi connectivity index (χ4n) is 1.94. The molecule has 0 bridgehead atoms. The lowest BCUT2D eigenvalue weighted by Crippen LogP contribution is -2.08. The minimum absolute atomic E-state index is 0.286. The van der Waals surface area contributed by atoms with Gasteiger partial charge in [0.1, 0.15) is 23.0 Å². The molecule has 2 rings (SSSR count). The summed E-state index contributed by atoms with van der Waals surface area (Å²) in [6.45, 7) is 2.02. The van der Waals surface area contributed by atoms with E-state index >= 15 is 0 Å². The molecule has 0 radical (unpaired) electrons. The Morgan fingerprint density at radius 3 is 2.90 bits per heavy atom. The van der Waals surface area contributed by atoms with Crippen molar-refractivity contribution >= 4 is 28.8 Å². The molecule has 21 heavy (non-hydrogen) atoms. The quantitative estimate of drug-likeness (QED) is 0.624. The van der Waals surface area contributed by atoms with Crippen LogP contribution in [0.2, 0.25) is 5.15 Å². The molecule has 0 aliphatic rings. The van der Waals surface area contributed by atoms with E-state index in [9.17, 15) is 0 Å². The van der Waals surface area contributed by atoms with Crippen LogP contribution in [-0.4, -0.2) is 22.8 Å². The third-order valence-electron chi connectivity index (χ3n) is 2.94. The van der Waals surface area contributed by atoms with Crippen molar-refractivity contribution in [3.8, 4) is 5.75 Å². The molecule has 0 atom stereocenters. The van der Waals surface area contributed by atoms with Crippen molar-refractivity contribution in [1.82, 2.24) is 9.97 Å². The van der Waals surface area contributed by atoms with Gasteiger partial charge in [-0.3, -0.25) is 0 Å². The van der Waals surface area contributed by atoms with Crippen molar-refractivity contribution in [2.75, 3.05) is 12.4 Å². The summed E-state index contributed by atoms with van der Waals surface area (Å²) in [5.41, 5.74) is 1.78. The summed E-state index contributed by atoms with van der Waals surface area (Å²) in [6.07, 6.45) is 2.87. The molecule has 0 unspecified atom stereocenters. The van der Waals surface area contributed by atoms with Gasteiger partial charge in [0.2, 0.25) is 0 Å².